The van der Waals surface area contributed by atoms with Crippen LogP contribution in [0.3, 0.4) is 0 Å². The van der Waals surface area contributed by atoms with E-state index in [0.717, 1.165) is 11.8 Å². The first kappa shape index (κ1) is 23.1. The molecule has 1 N–H and O–H groups in total. The van der Waals surface area contributed by atoms with E-state index in [1.807, 2.05) is 0 Å². The number of ether oxygens (including phenoxy) is 1. The van der Waals surface area contributed by atoms with E-state index in [0.29, 0.717) is 21.3 Å². The standard InChI is InChI=1S/C20H15Cl2F2N3O3S/c1-25-17(28)10-31-20-26-16(8-11-2-3-12(21)9-15(11)22)18(29)27(20)13-4-6-14(7-5-13)30-19(23)24/h2-9,19H,10H2,1H3,(H,25,28)/b16-8-. The van der Waals surface area contributed by atoms with Crippen molar-refractivity contribution in [3.63, 3.8) is 0 Å². The molecule has 2 aromatic carbocycles. The number of nitrogens with one attached hydrogen (secondary N) is 1. The Labute approximate surface area is 190 Å². The molecule has 6 nitrogen and oxygen atoms in total. The number of carbonyl (C=O) groups excluding carboxylic acids is 2. The van der Waals surface area contributed by atoms with Crippen molar-refractivity contribution < 1.29 is 23.1 Å². The van der Waals surface area contributed by atoms with Crippen molar-refractivity contribution in [1.29, 1.82) is 0 Å². The summed E-state index contributed by atoms with van der Waals surface area (Å²) in [6, 6.07) is 10.3. The van der Waals surface area contributed by atoms with Crippen LogP contribution in [0.4, 0.5) is 14.5 Å². The summed E-state index contributed by atoms with van der Waals surface area (Å²) in [5.74, 6) is -0.738. The number of nitrogens with zero attached hydrogens (tertiary/aromatic N) is 2. The molecule has 0 saturated heterocycles. The summed E-state index contributed by atoms with van der Waals surface area (Å²) < 4.78 is 29.1. The molecule has 162 valence electrons. The topological polar surface area (TPSA) is 71.0 Å². The second kappa shape index (κ2) is 10.1. The molecule has 0 aliphatic carbocycles. The summed E-state index contributed by atoms with van der Waals surface area (Å²) in [6.45, 7) is -2.96. The second-order valence-corrected chi connectivity index (χ2v) is 7.85. The van der Waals surface area contributed by atoms with Crippen LogP contribution < -0.4 is 15.0 Å². The monoisotopic (exact) mass is 485 g/mol. The number of carbonyl (C=O) groups is 2. The van der Waals surface area contributed by atoms with Gasteiger partial charge in [0, 0.05) is 17.1 Å². The number of thioether (sulfide) groups is 1. The van der Waals surface area contributed by atoms with E-state index in [-0.39, 0.29) is 28.3 Å². The van der Waals surface area contributed by atoms with E-state index in [1.54, 1.807) is 18.2 Å². The number of amidine groups is 1. The molecule has 1 aliphatic rings. The Balaban J connectivity index is 1.94. The number of aliphatic imine (C=N–C) groups is 1. The van der Waals surface area contributed by atoms with Gasteiger partial charge in [-0.25, -0.2) is 4.99 Å². The van der Waals surface area contributed by atoms with Gasteiger partial charge in [0.05, 0.1) is 11.4 Å². The van der Waals surface area contributed by atoms with Crippen molar-refractivity contribution in [3.8, 4) is 5.75 Å². The van der Waals surface area contributed by atoms with Gasteiger partial charge >= 0.3 is 6.61 Å². The molecule has 0 bridgehead atoms. The zero-order valence-corrected chi connectivity index (χ0v) is 18.3. The van der Waals surface area contributed by atoms with Crippen LogP contribution in [0.15, 0.2) is 53.2 Å². The maximum atomic E-state index is 13.1. The van der Waals surface area contributed by atoms with Gasteiger partial charge in [0.2, 0.25) is 5.91 Å². The van der Waals surface area contributed by atoms with Crippen molar-refractivity contribution in [2.24, 2.45) is 4.99 Å². The van der Waals surface area contributed by atoms with Crippen LogP contribution in [0.25, 0.3) is 6.08 Å². The van der Waals surface area contributed by atoms with Crippen LogP contribution in [-0.4, -0.2) is 36.4 Å². The molecular weight excluding hydrogens is 471 g/mol. The number of anilines is 1. The SMILES string of the molecule is CNC(=O)CSC1=N/C(=C\c2ccc(Cl)cc2Cl)C(=O)N1c1ccc(OC(F)F)cc1. The van der Waals surface area contributed by atoms with Crippen molar-refractivity contribution in [2.75, 3.05) is 17.7 Å². The van der Waals surface area contributed by atoms with Crippen LogP contribution in [0.1, 0.15) is 5.56 Å². The van der Waals surface area contributed by atoms with E-state index < -0.39 is 12.5 Å². The van der Waals surface area contributed by atoms with Crippen molar-refractivity contribution in [2.45, 2.75) is 6.61 Å². The third-order valence-electron chi connectivity index (χ3n) is 4.02. The summed E-state index contributed by atoms with van der Waals surface area (Å²) in [7, 11) is 1.50. The Kier molecular flexibility index (Phi) is 7.53. The molecule has 0 aromatic heterocycles. The lowest BCUT2D eigenvalue weighted by Gasteiger charge is -2.18. The van der Waals surface area contributed by atoms with Gasteiger partial charge in [-0.15, -0.1) is 0 Å². The molecule has 0 saturated carbocycles. The molecule has 0 fully saturated rings. The van der Waals surface area contributed by atoms with Gasteiger partial charge in [0.15, 0.2) is 5.17 Å². The number of rotatable bonds is 6. The highest BCUT2D eigenvalue weighted by molar-refractivity contribution is 8.14. The number of amides is 2. The minimum absolute atomic E-state index is 0.0284. The van der Waals surface area contributed by atoms with Gasteiger partial charge < -0.3 is 10.1 Å². The Morgan fingerprint density at radius 3 is 2.58 bits per heavy atom. The summed E-state index contributed by atoms with van der Waals surface area (Å²) in [5, 5.41) is 3.54. The third kappa shape index (κ3) is 5.75. The summed E-state index contributed by atoms with van der Waals surface area (Å²) in [5.41, 5.74) is 1.01. The van der Waals surface area contributed by atoms with Gasteiger partial charge in [-0.2, -0.15) is 8.78 Å². The number of hydrogen-bond donors (Lipinski definition) is 1. The van der Waals surface area contributed by atoms with Crippen LogP contribution in [0, 0.1) is 0 Å². The van der Waals surface area contributed by atoms with Gasteiger partial charge in [-0.05, 0) is 48.0 Å². The molecule has 2 amide bonds. The lowest BCUT2D eigenvalue weighted by atomic mass is 10.2. The fraction of sp³-hybridized carbons (Fsp3) is 0.150. The highest BCUT2D eigenvalue weighted by atomic mass is 35.5. The first-order valence-corrected chi connectivity index (χ1v) is 10.5. The maximum Gasteiger partial charge on any atom is 0.387 e. The number of hydrogen-bond acceptors (Lipinski definition) is 5. The molecule has 1 aliphatic heterocycles. The highest BCUT2D eigenvalue weighted by Crippen LogP contribution is 2.32. The average Bonchev–Trinajstić information content (AvgIpc) is 3.03. The van der Waals surface area contributed by atoms with Gasteiger partial charge in [-0.1, -0.05) is 41.0 Å². The fourth-order valence-electron chi connectivity index (χ4n) is 2.57. The smallest absolute Gasteiger partial charge is 0.387 e. The minimum Gasteiger partial charge on any atom is -0.435 e. The molecule has 2 aromatic rings. The van der Waals surface area contributed by atoms with E-state index in [4.69, 9.17) is 23.2 Å². The maximum absolute atomic E-state index is 13.1. The Morgan fingerprint density at radius 2 is 1.97 bits per heavy atom. The lowest BCUT2D eigenvalue weighted by molar-refractivity contribution is -0.118. The zero-order valence-electron chi connectivity index (χ0n) is 15.9. The summed E-state index contributed by atoms with van der Waals surface area (Å²) in [6.07, 6.45) is 1.51. The normalized spacial score (nSPS) is 14.9. The van der Waals surface area contributed by atoms with Crippen LogP contribution in [0.5, 0.6) is 5.75 Å². The molecule has 0 spiro atoms. The molecular formula is C20H15Cl2F2N3O3S. The molecule has 0 unspecified atom stereocenters. The number of alkyl halides is 2. The van der Waals surface area contributed by atoms with E-state index in [1.165, 1.54) is 42.3 Å². The Bertz CT molecular complexity index is 1060. The second-order valence-electron chi connectivity index (χ2n) is 6.06. The molecule has 11 heteroatoms. The predicted molar refractivity (Wildman–Crippen MR) is 119 cm³/mol. The van der Waals surface area contributed by atoms with E-state index >= 15 is 0 Å². The fourth-order valence-corrected chi connectivity index (χ4v) is 3.91. The molecule has 0 atom stereocenters. The first-order valence-electron chi connectivity index (χ1n) is 8.76. The van der Waals surface area contributed by atoms with E-state index in [9.17, 15) is 18.4 Å². The largest absolute Gasteiger partial charge is 0.435 e. The summed E-state index contributed by atoms with van der Waals surface area (Å²) >= 11 is 13.2. The molecule has 31 heavy (non-hydrogen) atoms. The Hall–Kier alpha value is -2.62. The van der Waals surface area contributed by atoms with Crippen molar-refractivity contribution >= 4 is 63.7 Å². The summed E-state index contributed by atoms with van der Waals surface area (Å²) in [4.78, 5) is 30.4. The van der Waals surface area contributed by atoms with Crippen LogP contribution in [-0.2, 0) is 9.59 Å². The van der Waals surface area contributed by atoms with Crippen LogP contribution >= 0.6 is 35.0 Å². The zero-order chi connectivity index (χ0) is 22.5. The predicted octanol–water partition coefficient (Wildman–Crippen LogP) is 4.82. The molecule has 0 radical (unpaired) electrons. The first-order chi connectivity index (χ1) is 14.8. The lowest BCUT2D eigenvalue weighted by Crippen LogP contribution is -2.31. The number of benzene rings is 2. The van der Waals surface area contributed by atoms with E-state index in [2.05, 4.69) is 15.0 Å². The van der Waals surface area contributed by atoms with Crippen molar-refractivity contribution in [3.05, 3.63) is 63.8 Å². The van der Waals surface area contributed by atoms with Crippen LogP contribution in [0.2, 0.25) is 10.0 Å². The average molecular weight is 486 g/mol. The minimum atomic E-state index is -2.96. The quantitative estimate of drug-likeness (QED) is 0.595. The van der Waals surface area contributed by atoms with Gasteiger partial charge in [0.1, 0.15) is 11.4 Å². The van der Waals surface area contributed by atoms with Crippen molar-refractivity contribution in [1.82, 2.24) is 5.32 Å². The van der Waals surface area contributed by atoms with Gasteiger partial charge in [-0.3, -0.25) is 14.5 Å². The third-order valence-corrected chi connectivity index (χ3v) is 5.52. The molecule has 1 heterocycles. The Morgan fingerprint density at radius 1 is 1.26 bits per heavy atom. The number of halogens is 4. The molecule has 3 rings (SSSR count). The van der Waals surface area contributed by atoms with Gasteiger partial charge in [0.25, 0.3) is 5.91 Å². The highest BCUT2D eigenvalue weighted by Gasteiger charge is 2.32.